The van der Waals surface area contributed by atoms with E-state index in [0.717, 1.165) is 11.5 Å². The Morgan fingerprint density at radius 2 is 2.38 bits per heavy atom. The van der Waals surface area contributed by atoms with Gasteiger partial charge in [-0.2, -0.15) is 0 Å². The molecule has 0 aliphatic carbocycles. The number of rotatable bonds is 3. The third kappa shape index (κ3) is 1.98. The topological polar surface area (TPSA) is 62.7 Å². The highest BCUT2D eigenvalue weighted by Crippen LogP contribution is 2.05. The van der Waals surface area contributed by atoms with E-state index in [1.807, 2.05) is 30.7 Å². The number of carbonyl (C=O) groups is 1. The van der Waals surface area contributed by atoms with Crippen LogP contribution in [0.3, 0.4) is 0 Å². The van der Waals surface area contributed by atoms with Gasteiger partial charge in [0.25, 0.3) is 5.91 Å². The largest absolute Gasteiger partial charge is 0.347 e. The molecule has 0 aliphatic heterocycles. The van der Waals surface area contributed by atoms with Gasteiger partial charge in [0, 0.05) is 25.1 Å². The number of imidazole rings is 1. The number of aromatic amines is 1. The summed E-state index contributed by atoms with van der Waals surface area (Å²) in [5.41, 5.74) is 1.72. The lowest BCUT2D eigenvalue weighted by molar-refractivity contribution is 0.0941. The number of aryl methyl sites for hydroxylation is 1. The van der Waals surface area contributed by atoms with Gasteiger partial charge in [-0.25, -0.2) is 4.98 Å². The quantitative estimate of drug-likeness (QED) is 0.806. The SMILES string of the molecule is Cc1ccc(C(=O)NCc2ncc[nH]2)n1C. The van der Waals surface area contributed by atoms with Crippen LogP contribution in [0.4, 0.5) is 0 Å². The fourth-order valence-corrected chi connectivity index (χ4v) is 1.49. The van der Waals surface area contributed by atoms with Crippen molar-refractivity contribution in [2.75, 3.05) is 0 Å². The van der Waals surface area contributed by atoms with Gasteiger partial charge in [-0.05, 0) is 19.1 Å². The molecular weight excluding hydrogens is 204 g/mol. The number of nitrogens with zero attached hydrogens (tertiary/aromatic N) is 2. The lowest BCUT2D eigenvalue weighted by atomic mass is 10.4. The number of amides is 1. The first-order valence-corrected chi connectivity index (χ1v) is 5.07. The molecule has 5 nitrogen and oxygen atoms in total. The Hall–Kier alpha value is -2.04. The Kier molecular flexibility index (Phi) is 2.76. The summed E-state index contributed by atoms with van der Waals surface area (Å²) in [5.74, 6) is 0.659. The Balaban J connectivity index is 2.01. The molecule has 84 valence electrons. The van der Waals surface area contributed by atoms with Gasteiger partial charge >= 0.3 is 0 Å². The zero-order valence-electron chi connectivity index (χ0n) is 9.32. The van der Waals surface area contributed by atoms with E-state index in [1.54, 1.807) is 12.4 Å². The van der Waals surface area contributed by atoms with Crippen LogP contribution in [0.15, 0.2) is 24.5 Å². The molecule has 2 aromatic heterocycles. The smallest absolute Gasteiger partial charge is 0.268 e. The van der Waals surface area contributed by atoms with Crippen LogP contribution < -0.4 is 5.32 Å². The summed E-state index contributed by atoms with van der Waals surface area (Å²) in [6.45, 7) is 2.37. The summed E-state index contributed by atoms with van der Waals surface area (Å²) >= 11 is 0. The summed E-state index contributed by atoms with van der Waals surface area (Å²) < 4.78 is 1.86. The van der Waals surface area contributed by atoms with Crippen LogP contribution in [0.2, 0.25) is 0 Å². The fourth-order valence-electron chi connectivity index (χ4n) is 1.49. The molecular formula is C11H14N4O. The molecule has 0 aliphatic rings. The predicted molar refractivity (Wildman–Crippen MR) is 59.9 cm³/mol. The Bertz CT molecular complexity index is 484. The number of carbonyl (C=O) groups excluding carboxylic acids is 1. The summed E-state index contributed by atoms with van der Waals surface area (Å²) in [4.78, 5) is 18.8. The van der Waals surface area contributed by atoms with Crippen molar-refractivity contribution in [1.29, 1.82) is 0 Å². The van der Waals surface area contributed by atoms with E-state index in [2.05, 4.69) is 15.3 Å². The van der Waals surface area contributed by atoms with Gasteiger partial charge in [-0.1, -0.05) is 0 Å². The summed E-state index contributed by atoms with van der Waals surface area (Å²) in [5, 5.41) is 2.80. The fraction of sp³-hybridized carbons (Fsp3) is 0.273. The van der Waals surface area contributed by atoms with Crippen LogP contribution in [0, 0.1) is 6.92 Å². The van der Waals surface area contributed by atoms with E-state index in [0.29, 0.717) is 12.2 Å². The minimum Gasteiger partial charge on any atom is -0.347 e. The number of aromatic nitrogens is 3. The Morgan fingerprint density at radius 3 is 2.94 bits per heavy atom. The van der Waals surface area contributed by atoms with Crippen LogP contribution >= 0.6 is 0 Å². The maximum absolute atomic E-state index is 11.8. The molecule has 0 atom stereocenters. The van der Waals surface area contributed by atoms with Crippen molar-refractivity contribution in [2.45, 2.75) is 13.5 Å². The number of nitrogens with one attached hydrogen (secondary N) is 2. The normalized spacial score (nSPS) is 10.4. The second kappa shape index (κ2) is 4.22. The minimum absolute atomic E-state index is 0.0907. The van der Waals surface area contributed by atoms with Crippen LogP contribution in [-0.2, 0) is 13.6 Å². The van der Waals surface area contributed by atoms with Crippen molar-refractivity contribution >= 4 is 5.91 Å². The zero-order valence-corrected chi connectivity index (χ0v) is 9.32. The molecule has 2 N–H and O–H groups in total. The van der Waals surface area contributed by atoms with Crippen LogP contribution in [0.5, 0.6) is 0 Å². The van der Waals surface area contributed by atoms with Gasteiger partial charge in [0.1, 0.15) is 11.5 Å². The molecule has 1 amide bonds. The zero-order chi connectivity index (χ0) is 11.5. The predicted octanol–water partition coefficient (Wildman–Crippen LogP) is 0.987. The van der Waals surface area contributed by atoms with E-state index in [1.165, 1.54) is 0 Å². The summed E-state index contributed by atoms with van der Waals surface area (Å²) in [6, 6.07) is 3.73. The second-order valence-corrected chi connectivity index (χ2v) is 3.64. The lowest BCUT2D eigenvalue weighted by Crippen LogP contribution is -2.25. The molecule has 0 bridgehead atoms. The third-order valence-corrected chi connectivity index (χ3v) is 2.58. The first kappa shape index (κ1) is 10.5. The van der Waals surface area contributed by atoms with Gasteiger partial charge in [0.15, 0.2) is 0 Å². The lowest BCUT2D eigenvalue weighted by Gasteiger charge is -2.05. The first-order chi connectivity index (χ1) is 7.68. The van der Waals surface area contributed by atoms with E-state index >= 15 is 0 Å². The summed E-state index contributed by atoms with van der Waals surface area (Å²) in [6.07, 6.45) is 3.39. The highest BCUT2D eigenvalue weighted by Gasteiger charge is 2.10. The van der Waals surface area contributed by atoms with Crippen LogP contribution in [0.25, 0.3) is 0 Å². The van der Waals surface area contributed by atoms with Gasteiger partial charge < -0.3 is 14.9 Å². The van der Waals surface area contributed by atoms with Gasteiger partial charge in [0.2, 0.25) is 0 Å². The van der Waals surface area contributed by atoms with Crippen LogP contribution in [-0.4, -0.2) is 20.4 Å². The van der Waals surface area contributed by atoms with Gasteiger partial charge in [-0.15, -0.1) is 0 Å². The monoisotopic (exact) mass is 218 g/mol. The molecule has 2 aromatic rings. The molecule has 0 saturated heterocycles. The average Bonchev–Trinajstić information content (AvgIpc) is 2.88. The molecule has 0 fully saturated rings. The maximum atomic E-state index is 11.8. The Morgan fingerprint density at radius 1 is 1.56 bits per heavy atom. The van der Waals surface area contributed by atoms with Crippen LogP contribution in [0.1, 0.15) is 22.0 Å². The Labute approximate surface area is 93.5 Å². The molecule has 2 rings (SSSR count). The molecule has 0 aromatic carbocycles. The average molecular weight is 218 g/mol. The molecule has 0 radical (unpaired) electrons. The van der Waals surface area contributed by atoms with E-state index < -0.39 is 0 Å². The molecule has 5 heteroatoms. The molecule has 2 heterocycles. The standard InChI is InChI=1S/C11H14N4O/c1-8-3-4-9(15(8)2)11(16)14-7-10-12-5-6-13-10/h3-6H,7H2,1-2H3,(H,12,13)(H,14,16). The van der Waals surface area contributed by atoms with Gasteiger partial charge in [-0.3, -0.25) is 4.79 Å². The first-order valence-electron chi connectivity index (χ1n) is 5.07. The highest BCUT2D eigenvalue weighted by molar-refractivity contribution is 5.92. The van der Waals surface area contributed by atoms with Crippen molar-refractivity contribution in [3.05, 3.63) is 41.7 Å². The van der Waals surface area contributed by atoms with Crippen molar-refractivity contribution in [2.24, 2.45) is 7.05 Å². The van der Waals surface area contributed by atoms with E-state index in [-0.39, 0.29) is 5.91 Å². The molecule has 16 heavy (non-hydrogen) atoms. The van der Waals surface area contributed by atoms with Crippen molar-refractivity contribution in [1.82, 2.24) is 19.9 Å². The number of H-pyrrole nitrogens is 1. The third-order valence-electron chi connectivity index (χ3n) is 2.58. The van der Waals surface area contributed by atoms with E-state index in [9.17, 15) is 4.79 Å². The number of hydrogen-bond acceptors (Lipinski definition) is 2. The second-order valence-electron chi connectivity index (χ2n) is 3.64. The molecule has 0 unspecified atom stereocenters. The maximum Gasteiger partial charge on any atom is 0.268 e. The highest BCUT2D eigenvalue weighted by atomic mass is 16.1. The number of hydrogen-bond donors (Lipinski definition) is 2. The van der Waals surface area contributed by atoms with Crippen molar-refractivity contribution < 1.29 is 4.79 Å². The van der Waals surface area contributed by atoms with Crippen molar-refractivity contribution in [3.63, 3.8) is 0 Å². The molecule has 0 saturated carbocycles. The summed E-state index contributed by atoms with van der Waals surface area (Å²) in [7, 11) is 1.87. The molecule has 0 spiro atoms. The van der Waals surface area contributed by atoms with Gasteiger partial charge in [0.05, 0.1) is 6.54 Å². The minimum atomic E-state index is -0.0907. The van der Waals surface area contributed by atoms with Crippen molar-refractivity contribution in [3.8, 4) is 0 Å². The van der Waals surface area contributed by atoms with E-state index in [4.69, 9.17) is 0 Å².